The lowest BCUT2D eigenvalue weighted by Crippen LogP contribution is -2.59. The fourth-order valence-electron chi connectivity index (χ4n) is 9.81. The van der Waals surface area contributed by atoms with Crippen LogP contribution in [0.4, 0.5) is 0 Å². The largest absolute Gasteiger partial charge is 0.456 e. The lowest BCUT2D eigenvalue weighted by Gasteiger charge is -2.31. The number of rotatable bonds is 0. The molecule has 0 saturated heterocycles. The van der Waals surface area contributed by atoms with Crippen LogP contribution in [0, 0.1) is 0 Å². The second kappa shape index (κ2) is 7.58. The van der Waals surface area contributed by atoms with Crippen LogP contribution in [0.2, 0.25) is 0 Å². The lowest BCUT2D eigenvalue weighted by molar-refractivity contribution is 0.645. The van der Waals surface area contributed by atoms with Crippen molar-refractivity contribution in [3.05, 3.63) is 127 Å². The fraction of sp³-hybridized carbons (Fsp3) is 0. The molecule has 0 spiro atoms. The maximum atomic E-state index is 6.78. The maximum Gasteiger partial charge on any atom is 0.258 e. The van der Waals surface area contributed by atoms with Gasteiger partial charge in [0, 0.05) is 33.6 Å². The molecule has 0 saturated carbocycles. The summed E-state index contributed by atoms with van der Waals surface area (Å²) in [4.78, 5) is 0. The molecule has 7 heteroatoms. The van der Waals surface area contributed by atoms with Crippen LogP contribution in [0.25, 0.3) is 99.6 Å². The van der Waals surface area contributed by atoms with Crippen LogP contribution >= 0.6 is 0 Å². The molecule has 0 aliphatic carbocycles. The minimum Gasteiger partial charge on any atom is -0.456 e. The lowest BCUT2D eigenvalue weighted by atomic mass is 9.34. The normalized spacial score (nSPS) is 13.7. The summed E-state index contributed by atoms with van der Waals surface area (Å²) in [6.07, 6.45) is 0. The number of imidazole rings is 2. The number of para-hydroxylation sites is 5. The van der Waals surface area contributed by atoms with Gasteiger partial charge in [-0.2, -0.15) is 0 Å². The van der Waals surface area contributed by atoms with Gasteiger partial charge in [0.25, 0.3) is 6.71 Å². The van der Waals surface area contributed by atoms with E-state index < -0.39 is 0 Å². The summed E-state index contributed by atoms with van der Waals surface area (Å²) in [5.41, 5.74) is 18.2. The van der Waals surface area contributed by atoms with Crippen molar-refractivity contribution in [1.29, 1.82) is 0 Å². The highest BCUT2D eigenvalue weighted by Gasteiger charge is 2.45. The minimum atomic E-state index is -0.00111. The van der Waals surface area contributed by atoms with Crippen LogP contribution in [0.15, 0.2) is 136 Å². The van der Waals surface area contributed by atoms with Crippen LogP contribution in [-0.4, -0.2) is 24.6 Å². The Bertz CT molecular complexity index is 3530. The van der Waals surface area contributed by atoms with Crippen LogP contribution in [0.1, 0.15) is 0 Å². The molecule has 49 heavy (non-hydrogen) atoms. The summed E-state index contributed by atoms with van der Waals surface area (Å²) >= 11 is 0. The molecule has 6 aromatic carbocycles. The second-order valence-electron chi connectivity index (χ2n) is 13.7. The van der Waals surface area contributed by atoms with Gasteiger partial charge < -0.3 is 8.83 Å². The molecule has 0 radical (unpaired) electrons. The molecule has 8 heterocycles. The molecule has 0 bridgehead atoms. The zero-order valence-corrected chi connectivity index (χ0v) is 25.8. The number of fused-ring (bicyclic) bond motifs is 21. The molecule has 6 aromatic heterocycles. The molecular formula is C42H21BN4O2. The Morgan fingerprint density at radius 3 is 1.92 bits per heavy atom. The van der Waals surface area contributed by atoms with E-state index >= 15 is 0 Å². The Kier molecular flexibility index (Phi) is 3.67. The van der Waals surface area contributed by atoms with E-state index in [4.69, 9.17) is 8.83 Å². The van der Waals surface area contributed by atoms with E-state index in [1.54, 1.807) is 0 Å². The van der Waals surface area contributed by atoms with Gasteiger partial charge in [-0.25, -0.2) is 0 Å². The third kappa shape index (κ3) is 2.41. The van der Waals surface area contributed by atoms with Crippen molar-refractivity contribution in [1.82, 2.24) is 17.9 Å². The summed E-state index contributed by atoms with van der Waals surface area (Å²) < 4.78 is 23.1. The number of aromatic nitrogens is 4. The number of hydrogen-bond acceptors (Lipinski definition) is 2. The molecule has 224 valence electrons. The molecule has 0 N–H and O–H groups in total. The van der Waals surface area contributed by atoms with Gasteiger partial charge in [-0.15, -0.1) is 0 Å². The van der Waals surface area contributed by atoms with Crippen molar-refractivity contribution in [3.8, 4) is 11.4 Å². The topological polar surface area (TPSA) is 45.0 Å². The first-order valence-corrected chi connectivity index (χ1v) is 16.8. The third-order valence-corrected chi connectivity index (χ3v) is 11.5. The molecular weight excluding hydrogens is 603 g/mol. The molecule has 0 unspecified atom stereocenters. The van der Waals surface area contributed by atoms with Crippen LogP contribution in [0.3, 0.4) is 0 Å². The van der Waals surface area contributed by atoms with E-state index in [-0.39, 0.29) is 6.71 Å². The molecule has 14 rings (SSSR count). The minimum absolute atomic E-state index is 0.00111. The third-order valence-electron chi connectivity index (χ3n) is 11.5. The quantitative estimate of drug-likeness (QED) is 0.160. The monoisotopic (exact) mass is 624 g/mol. The van der Waals surface area contributed by atoms with Crippen molar-refractivity contribution in [2.75, 3.05) is 0 Å². The summed E-state index contributed by atoms with van der Waals surface area (Å²) in [6, 6.07) is 46.0. The fourth-order valence-corrected chi connectivity index (χ4v) is 9.81. The number of benzene rings is 6. The smallest absolute Gasteiger partial charge is 0.258 e. The maximum absolute atomic E-state index is 6.78. The van der Waals surface area contributed by atoms with Gasteiger partial charge in [-0.3, -0.25) is 17.9 Å². The number of furan rings is 2. The van der Waals surface area contributed by atoms with E-state index in [1.165, 1.54) is 71.9 Å². The van der Waals surface area contributed by atoms with E-state index in [0.717, 1.165) is 44.1 Å². The van der Waals surface area contributed by atoms with E-state index in [0.29, 0.717) is 0 Å². The Morgan fingerprint density at radius 1 is 0.408 bits per heavy atom. The molecule has 0 atom stereocenters. The molecule has 2 aliphatic heterocycles. The SMILES string of the molecule is c1cc2c3c(c1)-n1c4oc5ccccc5c4n4c5ccccc5c(c14)B3c1c3cc4c(cc3n3c5ccccc5n-2c13)oc1ccccc14. The van der Waals surface area contributed by atoms with Gasteiger partial charge in [0.05, 0.1) is 22.1 Å². The highest BCUT2D eigenvalue weighted by Crippen LogP contribution is 2.42. The van der Waals surface area contributed by atoms with Crippen molar-refractivity contribution in [3.63, 3.8) is 0 Å². The molecule has 2 aliphatic rings. The molecule has 0 fully saturated rings. The van der Waals surface area contributed by atoms with Gasteiger partial charge in [0.15, 0.2) is 0 Å². The second-order valence-corrected chi connectivity index (χ2v) is 13.7. The standard InChI is InChI=1S/C42H21BN4O2/c1-4-13-27-23(11-1)36-41-46(27)39-24-12-3-8-19-34(24)49-42(39)47(41)31-17-9-16-30-38(31)43(36)37-26-20-25-22-10-2-7-18-33(22)48-35(25)21-32(26)45-29-15-6-5-14-28(29)44(30)40(37)45/h1-21H. The average molecular weight is 624 g/mol. The number of hydrogen-bond donors (Lipinski definition) is 0. The van der Waals surface area contributed by atoms with Gasteiger partial charge in [-0.05, 0) is 81.8 Å². The van der Waals surface area contributed by atoms with Crippen LogP contribution in [0.5, 0.6) is 0 Å². The Hall–Kier alpha value is -6.60. The van der Waals surface area contributed by atoms with Crippen molar-refractivity contribution in [2.24, 2.45) is 0 Å². The number of nitrogens with zero attached hydrogens (tertiary/aromatic N) is 4. The highest BCUT2D eigenvalue weighted by molar-refractivity contribution is 7.02. The van der Waals surface area contributed by atoms with Crippen LogP contribution in [-0.2, 0) is 0 Å². The van der Waals surface area contributed by atoms with Gasteiger partial charge in [0.1, 0.15) is 33.6 Å². The van der Waals surface area contributed by atoms with Gasteiger partial charge >= 0.3 is 0 Å². The average Bonchev–Trinajstić information content (AvgIpc) is 3.97. The Balaban J connectivity index is 1.28. The predicted octanol–water partition coefficient (Wildman–Crippen LogP) is 8.17. The van der Waals surface area contributed by atoms with Crippen molar-refractivity contribution >= 4 is 111 Å². The van der Waals surface area contributed by atoms with E-state index in [9.17, 15) is 0 Å². The summed E-state index contributed by atoms with van der Waals surface area (Å²) in [7, 11) is 0. The van der Waals surface area contributed by atoms with E-state index in [2.05, 4.69) is 139 Å². The summed E-state index contributed by atoms with van der Waals surface area (Å²) in [5, 5.41) is 5.96. The zero-order chi connectivity index (χ0) is 31.3. The van der Waals surface area contributed by atoms with Crippen molar-refractivity contribution < 1.29 is 8.83 Å². The first-order valence-electron chi connectivity index (χ1n) is 16.8. The van der Waals surface area contributed by atoms with Gasteiger partial charge in [0.2, 0.25) is 5.71 Å². The summed E-state index contributed by atoms with van der Waals surface area (Å²) in [6.45, 7) is -0.00111. The highest BCUT2D eigenvalue weighted by atomic mass is 16.3. The summed E-state index contributed by atoms with van der Waals surface area (Å²) in [5.74, 6) is 0. The zero-order valence-electron chi connectivity index (χ0n) is 25.8. The van der Waals surface area contributed by atoms with Crippen molar-refractivity contribution in [2.45, 2.75) is 0 Å². The van der Waals surface area contributed by atoms with E-state index in [1.807, 2.05) is 6.07 Å². The Morgan fingerprint density at radius 2 is 1.06 bits per heavy atom. The molecule has 0 amide bonds. The van der Waals surface area contributed by atoms with Crippen LogP contribution < -0.4 is 16.4 Å². The first kappa shape index (κ1) is 23.7. The molecule has 12 aromatic rings. The predicted molar refractivity (Wildman–Crippen MR) is 199 cm³/mol. The first-order chi connectivity index (χ1) is 24.3. The van der Waals surface area contributed by atoms with Gasteiger partial charge in [-0.1, -0.05) is 66.7 Å². The Labute approximate surface area is 276 Å². The molecule has 6 nitrogen and oxygen atoms in total.